The molecule has 0 aliphatic rings. The largest absolute Gasteiger partial charge is 0.359 e. The number of amides is 1. The molecular formula is C13H12FN5O2S. The lowest BCUT2D eigenvalue weighted by Gasteiger charge is -2.10. The molecule has 0 saturated heterocycles. The maximum atomic E-state index is 13.5. The molecule has 0 bridgehead atoms. The van der Waals surface area contributed by atoms with Gasteiger partial charge in [-0.2, -0.15) is 0 Å². The maximum Gasteiger partial charge on any atom is 0.262 e. The van der Waals surface area contributed by atoms with Crippen LogP contribution in [-0.4, -0.2) is 32.1 Å². The molecule has 0 aliphatic heterocycles. The highest BCUT2D eigenvalue weighted by atomic mass is 32.1. The van der Waals surface area contributed by atoms with Crippen molar-refractivity contribution in [2.45, 2.75) is 13.0 Å². The zero-order valence-corrected chi connectivity index (χ0v) is 12.2. The lowest BCUT2D eigenvalue weighted by atomic mass is 10.2. The first-order valence-electron chi connectivity index (χ1n) is 6.59. The van der Waals surface area contributed by atoms with Crippen LogP contribution in [0, 0.1) is 10.6 Å². The SMILES string of the molecule is O=CNCCCn1c(=O)c2cc(F)ccc2n2c(=S)[nH]nc12. The summed E-state index contributed by atoms with van der Waals surface area (Å²) in [5.74, 6) is -0.131. The number of fused-ring (bicyclic) bond motifs is 3. The molecule has 0 aliphatic carbocycles. The number of aromatic nitrogens is 4. The topological polar surface area (TPSA) is 84.2 Å². The van der Waals surface area contributed by atoms with Crippen LogP contribution in [0.2, 0.25) is 0 Å². The Hall–Kier alpha value is -2.55. The second kappa shape index (κ2) is 5.68. The van der Waals surface area contributed by atoms with Crippen LogP contribution >= 0.6 is 12.2 Å². The second-order valence-corrected chi connectivity index (χ2v) is 5.09. The predicted octanol–water partition coefficient (Wildman–Crippen LogP) is 0.982. The van der Waals surface area contributed by atoms with Crippen molar-refractivity contribution in [3.63, 3.8) is 0 Å². The van der Waals surface area contributed by atoms with Gasteiger partial charge in [0, 0.05) is 13.1 Å². The van der Waals surface area contributed by atoms with Crippen LogP contribution in [0.25, 0.3) is 16.7 Å². The molecule has 2 heterocycles. The Kier molecular flexibility index (Phi) is 3.72. The number of rotatable bonds is 5. The van der Waals surface area contributed by atoms with Crippen molar-refractivity contribution in [2.75, 3.05) is 6.54 Å². The summed E-state index contributed by atoms with van der Waals surface area (Å²) in [6.45, 7) is 0.754. The summed E-state index contributed by atoms with van der Waals surface area (Å²) in [4.78, 5) is 22.8. The Morgan fingerprint density at radius 3 is 3.05 bits per heavy atom. The fourth-order valence-corrected chi connectivity index (χ4v) is 2.62. The Morgan fingerprint density at radius 1 is 1.45 bits per heavy atom. The monoisotopic (exact) mass is 321 g/mol. The molecule has 1 aromatic carbocycles. The van der Waals surface area contributed by atoms with E-state index in [-0.39, 0.29) is 10.9 Å². The molecular weight excluding hydrogens is 309 g/mol. The molecule has 22 heavy (non-hydrogen) atoms. The van der Waals surface area contributed by atoms with Gasteiger partial charge in [-0.15, -0.1) is 5.10 Å². The zero-order valence-electron chi connectivity index (χ0n) is 11.4. The number of H-pyrrole nitrogens is 1. The average molecular weight is 321 g/mol. The highest BCUT2D eigenvalue weighted by Crippen LogP contribution is 2.14. The summed E-state index contributed by atoms with van der Waals surface area (Å²) in [7, 11) is 0. The molecule has 2 aromatic heterocycles. The fourth-order valence-electron chi connectivity index (χ4n) is 2.40. The van der Waals surface area contributed by atoms with E-state index in [9.17, 15) is 14.0 Å². The van der Waals surface area contributed by atoms with E-state index >= 15 is 0 Å². The van der Waals surface area contributed by atoms with Crippen LogP contribution in [0.3, 0.4) is 0 Å². The van der Waals surface area contributed by atoms with E-state index in [4.69, 9.17) is 12.2 Å². The van der Waals surface area contributed by atoms with Crippen LogP contribution in [0.1, 0.15) is 6.42 Å². The van der Waals surface area contributed by atoms with E-state index in [1.165, 1.54) is 22.8 Å². The van der Waals surface area contributed by atoms with Crippen LogP contribution in [0.15, 0.2) is 23.0 Å². The number of hydrogen-bond donors (Lipinski definition) is 2. The molecule has 7 nitrogen and oxygen atoms in total. The summed E-state index contributed by atoms with van der Waals surface area (Å²) in [6.07, 6.45) is 1.13. The van der Waals surface area contributed by atoms with E-state index in [0.29, 0.717) is 42.0 Å². The van der Waals surface area contributed by atoms with Gasteiger partial charge in [0.1, 0.15) is 5.82 Å². The van der Waals surface area contributed by atoms with E-state index < -0.39 is 5.82 Å². The van der Waals surface area contributed by atoms with Crippen LogP contribution < -0.4 is 10.9 Å². The van der Waals surface area contributed by atoms with Crippen LogP contribution in [0.5, 0.6) is 0 Å². The molecule has 3 aromatic rings. The minimum absolute atomic E-state index is 0.230. The number of benzene rings is 1. The number of halogens is 1. The van der Waals surface area contributed by atoms with E-state index in [2.05, 4.69) is 15.5 Å². The number of nitrogens with zero attached hydrogens (tertiary/aromatic N) is 3. The highest BCUT2D eigenvalue weighted by Gasteiger charge is 2.13. The van der Waals surface area contributed by atoms with Gasteiger partial charge in [-0.05, 0) is 36.8 Å². The summed E-state index contributed by atoms with van der Waals surface area (Å²) < 4.78 is 16.8. The normalized spacial score (nSPS) is 11.1. The third-order valence-electron chi connectivity index (χ3n) is 3.36. The Balaban J connectivity index is 2.24. The average Bonchev–Trinajstić information content (AvgIpc) is 2.88. The van der Waals surface area contributed by atoms with Crippen molar-refractivity contribution in [3.8, 4) is 0 Å². The quantitative estimate of drug-likeness (QED) is 0.417. The first-order chi connectivity index (χ1) is 10.6. The molecule has 114 valence electrons. The molecule has 0 radical (unpaired) electrons. The molecule has 2 N–H and O–H groups in total. The summed E-state index contributed by atoms with van der Waals surface area (Å²) in [6, 6.07) is 3.96. The van der Waals surface area contributed by atoms with E-state index in [0.717, 1.165) is 0 Å². The summed E-state index contributed by atoms with van der Waals surface area (Å²) in [5.41, 5.74) is 0.157. The van der Waals surface area contributed by atoms with Crippen molar-refractivity contribution in [1.82, 2.24) is 24.5 Å². The molecule has 0 fully saturated rings. The number of nitrogens with one attached hydrogen (secondary N) is 2. The number of aryl methyl sites for hydroxylation is 1. The molecule has 1 amide bonds. The minimum Gasteiger partial charge on any atom is -0.359 e. The Bertz CT molecular complexity index is 974. The van der Waals surface area contributed by atoms with Crippen molar-refractivity contribution >= 4 is 35.3 Å². The van der Waals surface area contributed by atoms with Gasteiger partial charge in [0.15, 0.2) is 0 Å². The lowest BCUT2D eigenvalue weighted by molar-refractivity contribution is -0.109. The molecule has 0 atom stereocenters. The fraction of sp³-hybridized carbons (Fsp3) is 0.231. The van der Waals surface area contributed by atoms with Gasteiger partial charge in [0.25, 0.3) is 5.56 Å². The highest BCUT2D eigenvalue weighted by molar-refractivity contribution is 7.71. The van der Waals surface area contributed by atoms with Crippen molar-refractivity contribution in [1.29, 1.82) is 0 Å². The van der Waals surface area contributed by atoms with Crippen molar-refractivity contribution < 1.29 is 9.18 Å². The summed E-state index contributed by atoms with van der Waals surface area (Å²) in [5, 5.41) is 9.47. The number of carbonyl (C=O) groups excluding carboxylic acids is 1. The molecule has 3 rings (SSSR count). The number of carbonyl (C=O) groups is 1. The molecule has 9 heteroatoms. The van der Waals surface area contributed by atoms with Gasteiger partial charge in [-0.3, -0.25) is 18.6 Å². The van der Waals surface area contributed by atoms with E-state index in [1.54, 1.807) is 4.40 Å². The third-order valence-corrected chi connectivity index (χ3v) is 3.63. The minimum atomic E-state index is -0.492. The number of aromatic amines is 1. The van der Waals surface area contributed by atoms with Gasteiger partial charge in [-0.1, -0.05) is 0 Å². The predicted molar refractivity (Wildman–Crippen MR) is 80.8 cm³/mol. The van der Waals surface area contributed by atoms with Gasteiger partial charge in [0.05, 0.1) is 10.9 Å². The Labute approximate surface area is 128 Å². The summed E-state index contributed by atoms with van der Waals surface area (Å²) >= 11 is 5.18. The lowest BCUT2D eigenvalue weighted by Crippen LogP contribution is -2.25. The van der Waals surface area contributed by atoms with Crippen molar-refractivity contribution in [3.05, 3.63) is 39.1 Å². The second-order valence-electron chi connectivity index (χ2n) is 4.71. The first-order valence-corrected chi connectivity index (χ1v) is 7.00. The molecule has 0 saturated carbocycles. The Morgan fingerprint density at radius 2 is 2.27 bits per heavy atom. The van der Waals surface area contributed by atoms with Gasteiger partial charge in [0.2, 0.25) is 17.0 Å². The maximum absolute atomic E-state index is 13.5. The number of hydrogen-bond acceptors (Lipinski definition) is 4. The first kappa shape index (κ1) is 14.4. The van der Waals surface area contributed by atoms with Crippen LogP contribution in [0.4, 0.5) is 4.39 Å². The van der Waals surface area contributed by atoms with Gasteiger partial charge < -0.3 is 5.32 Å². The van der Waals surface area contributed by atoms with Gasteiger partial charge in [-0.25, -0.2) is 9.49 Å². The van der Waals surface area contributed by atoms with Crippen LogP contribution in [-0.2, 0) is 11.3 Å². The zero-order chi connectivity index (χ0) is 15.7. The third kappa shape index (κ3) is 2.29. The standard InChI is InChI=1S/C13H12FN5O2S/c14-8-2-3-10-9(6-8)11(21)18(5-1-4-15-7-20)12-16-17-13(22)19(10)12/h2-3,6-7H,1,4-5H2,(H,15,20)(H,17,22). The molecule has 0 spiro atoms. The molecule has 0 unspecified atom stereocenters. The van der Waals surface area contributed by atoms with Crippen molar-refractivity contribution in [2.24, 2.45) is 0 Å². The van der Waals surface area contributed by atoms with E-state index in [1.807, 2.05) is 0 Å². The smallest absolute Gasteiger partial charge is 0.262 e. The van der Waals surface area contributed by atoms with Gasteiger partial charge >= 0.3 is 0 Å².